The maximum atomic E-state index is 13.1. The van der Waals surface area contributed by atoms with E-state index < -0.39 is 29.5 Å². The van der Waals surface area contributed by atoms with Gasteiger partial charge in [-0.25, -0.2) is 4.84 Å². The number of hydrogen-bond acceptors (Lipinski definition) is 7. The molecule has 6 rings (SSSR count). The fourth-order valence-electron chi connectivity index (χ4n) is 13.0. The number of rotatable bonds is 6. The van der Waals surface area contributed by atoms with Crippen LogP contribution in [0, 0.1) is 50.7 Å². The van der Waals surface area contributed by atoms with Crippen LogP contribution in [0.15, 0.2) is 0 Å². The molecule has 1 aliphatic heterocycles. The zero-order chi connectivity index (χ0) is 31.8. The average molecular weight is 624 g/mol. The summed E-state index contributed by atoms with van der Waals surface area (Å²) < 4.78 is 12.9. The molecule has 6 fully saturated rings. The van der Waals surface area contributed by atoms with Crippen LogP contribution in [0.1, 0.15) is 120 Å². The molecule has 5 aliphatic carbocycles. The smallest absolute Gasteiger partial charge is 0.324 e. The lowest BCUT2D eigenvalue weighted by atomic mass is 9.41. The van der Waals surface area contributed by atoms with Gasteiger partial charge in [-0.15, -0.1) is 0 Å². The van der Waals surface area contributed by atoms with Gasteiger partial charge in [0.2, 0.25) is 0 Å². The lowest BCUT2D eigenvalue weighted by Crippen LogP contribution is -2.62. The molecule has 1 saturated heterocycles. The predicted octanol–water partition coefficient (Wildman–Crippen LogP) is 5.76. The normalized spacial score (nSPS) is 52.6. The monoisotopic (exact) mass is 623 g/mol. The van der Waals surface area contributed by atoms with Crippen molar-refractivity contribution < 1.29 is 29.6 Å². The molecule has 13 atom stereocenters. The molecule has 0 aromatic rings. The Labute approximate surface area is 264 Å². The third kappa shape index (κ3) is 4.19. The van der Waals surface area contributed by atoms with E-state index in [0.29, 0.717) is 5.92 Å². The number of halogens is 1. The van der Waals surface area contributed by atoms with Gasteiger partial charge in [-0.3, -0.25) is 4.79 Å². The summed E-state index contributed by atoms with van der Waals surface area (Å²) in [6, 6.07) is -0.566. The van der Waals surface area contributed by atoms with E-state index in [0.717, 1.165) is 57.8 Å². The Morgan fingerprint density at radius 1 is 0.953 bits per heavy atom. The summed E-state index contributed by atoms with van der Waals surface area (Å²) in [5.74, 6) is 0.0592. The second kappa shape index (κ2) is 9.79. The number of aliphatic hydroxyl groups excluding tert-OH is 2. The summed E-state index contributed by atoms with van der Waals surface area (Å²) in [7, 11) is 0. The third-order valence-electron chi connectivity index (χ3n) is 15.0. The molecular weight excluding hydrogens is 566 g/mol. The van der Waals surface area contributed by atoms with Crippen LogP contribution in [-0.4, -0.2) is 62.9 Å². The van der Waals surface area contributed by atoms with Crippen molar-refractivity contribution in [1.29, 1.82) is 0 Å². The highest BCUT2D eigenvalue weighted by molar-refractivity contribution is 6.14. The van der Waals surface area contributed by atoms with E-state index in [1.165, 1.54) is 0 Å². The van der Waals surface area contributed by atoms with Crippen LogP contribution in [0.4, 0.5) is 0 Å². The first-order valence-corrected chi connectivity index (χ1v) is 17.4. The Morgan fingerprint density at radius 3 is 2.21 bits per heavy atom. The number of ether oxygens (including phenoxy) is 2. The quantitative estimate of drug-likeness (QED) is 0.220. The van der Waals surface area contributed by atoms with Crippen molar-refractivity contribution in [2.45, 2.75) is 162 Å². The van der Waals surface area contributed by atoms with Crippen LogP contribution < -0.4 is 4.84 Å². The summed E-state index contributed by atoms with van der Waals surface area (Å²) >= 11 is 5.92. The summed E-state index contributed by atoms with van der Waals surface area (Å²) in [4.78, 5) is 15.7. The average Bonchev–Trinajstić information content (AvgIpc) is 3.23. The SMILES string of the molecule is CC(C)C(NCl)C(=O)O[C@H]1CC[C@]23C[C@]24CC[C@]2(C)C([C@@]5(C)CCC(C(C)(C)O)O5)[C@@H](O)C[C@@]2(C)C4C[C@H](O)[C@H]3C1(C)C. The highest BCUT2D eigenvalue weighted by atomic mass is 35.5. The Kier molecular flexibility index (Phi) is 7.40. The van der Waals surface area contributed by atoms with Gasteiger partial charge in [-0.2, -0.15) is 0 Å². The van der Waals surface area contributed by atoms with E-state index in [4.69, 9.17) is 21.3 Å². The van der Waals surface area contributed by atoms with E-state index in [2.05, 4.69) is 39.5 Å². The van der Waals surface area contributed by atoms with Gasteiger partial charge in [0.1, 0.15) is 12.1 Å². The topological polar surface area (TPSA) is 108 Å². The molecule has 246 valence electrons. The molecule has 6 aliphatic rings. The van der Waals surface area contributed by atoms with Gasteiger partial charge in [-0.05, 0) is 130 Å². The number of aliphatic hydroxyl groups is 3. The first-order valence-electron chi connectivity index (χ1n) is 17.1. The van der Waals surface area contributed by atoms with Crippen molar-refractivity contribution in [3.05, 3.63) is 0 Å². The van der Waals surface area contributed by atoms with Crippen LogP contribution in [0.25, 0.3) is 0 Å². The molecule has 1 heterocycles. The minimum atomic E-state index is -0.915. The number of nitrogens with one attached hydrogen (secondary N) is 1. The molecule has 0 aromatic heterocycles. The Morgan fingerprint density at radius 2 is 1.63 bits per heavy atom. The maximum Gasteiger partial charge on any atom is 0.324 e. The van der Waals surface area contributed by atoms with Gasteiger partial charge in [0.25, 0.3) is 0 Å². The minimum absolute atomic E-state index is 0.0107. The predicted molar refractivity (Wildman–Crippen MR) is 166 cm³/mol. The Balaban J connectivity index is 1.28. The van der Waals surface area contributed by atoms with Crippen molar-refractivity contribution in [3.8, 4) is 0 Å². The van der Waals surface area contributed by atoms with Gasteiger partial charge in [0.05, 0.1) is 29.5 Å². The molecule has 7 nitrogen and oxygen atoms in total. The molecule has 4 N–H and O–H groups in total. The molecule has 0 amide bonds. The molecule has 2 spiro atoms. The molecule has 5 saturated carbocycles. The number of esters is 1. The van der Waals surface area contributed by atoms with Crippen molar-refractivity contribution in [2.75, 3.05) is 0 Å². The zero-order valence-electron chi connectivity index (χ0n) is 28.0. The summed E-state index contributed by atoms with van der Waals surface area (Å²) in [5.41, 5.74) is -1.85. The number of fused-ring (bicyclic) bond motifs is 2. The van der Waals surface area contributed by atoms with Crippen molar-refractivity contribution in [2.24, 2.45) is 50.7 Å². The van der Waals surface area contributed by atoms with Gasteiger partial charge < -0.3 is 24.8 Å². The molecule has 4 unspecified atom stereocenters. The van der Waals surface area contributed by atoms with E-state index in [1.54, 1.807) is 0 Å². The highest BCUT2D eigenvalue weighted by Crippen LogP contribution is 2.89. The van der Waals surface area contributed by atoms with Gasteiger partial charge >= 0.3 is 5.97 Å². The number of carbonyl (C=O) groups is 1. The molecule has 43 heavy (non-hydrogen) atoms. The zero-order valence-corrected chi connectivity index (χ0v) is 28.8. The molecule has 0 radical (unpaired) electrons. The minimum Gasteiger partial charge on any atom is -0.461 e. The molecule has 0 aromatic carbocycles. The first-order chi connectivity index (χ1) is 19.7. The highest BCUT2D eigenvalue weighted by Gasteiger charge is 2.85. The standard InChI is InChI=1S/C35H58ClNO6/c1-19(2)25(37-36)28(40)42-23-11-13-35-18-34(35)15-14-31(7)27(33(9)12-10-24(43-33)30(5,6)41)21(39)17-32(31,8)22(34)16-20(38)26(35)29(23,3)4/h19-27,37-39,41H,10-18H2,1-9H3/t20-,21-,22?,23-,24?,25?,26-,27?,31+,32-,33+,34-,35+/m0/s1. The fourth-order valence-corrected chi connectivity index (χ4v) is 13.3. The van der Waals surface area contributed by atoms with Crippen LogP contribution in [0.5, 0.6) is 0 Å². The van der Waals surface area contributed by atoms with E-state index in [9.17, 15) is 20.1 Å². The van der Waals surface area contributed by atoms with E-state index in [1.807, 2.05) is 27.7 Å². The summed E-state index contributed by atoms with van der Waals surface area (Å²) in [6.45, 7) is 18.9. The van der Waals surface area contributed by atoms with Crippen LogP contribution in [-0.2, 0) is 14.3 Å². The van der Waals surface area contributed by atoms with Crippen molar-refractivity contribution >= 4 is 17.7 Å². The van der Waals surface area contributed by atoms with E-state index in [-0.39, 0.29) is 63.0 Å². The lowest BCUT2D eigenvalue weighted by Gasteiger charge is -2.64. The summed E-state index contributed by atoms with van der Waals surface area (Å²) in [6.07, 6.45) is 6.64. The van der Waals surface area contributed by atoms with Gasteiger partial charge in [0.15, 0.2) is 0 Å². The number of hydrogen-bond donors (Lipinski definition) is 4. The lowest BCUT2D eigenvalue weighted by molar-refractivity contribution is -0.218. The Hall–Kier alpha value is -0.440. The fraction of sp³-hybridized carbons (Fsp3) is 0.971. The van der Waals surface area contributed by atoms with E-state index >= 15 is 0 Å². The molecular formula is C35H58ClNO6. The van der Waals surface area contributed by atoms with Crippen molar-refractivity contribution in [3.63, 3.8) is 0 Å². The largest absolute Gasteiger partial charge is 0.461 e. The van der Waals surface area contributed by atoms with Crippen LogP contribution in [0.3, 0.4) is 0 Å². The summed E-state index contributed by atoms with van der Waals surface area (Å²) in [5, 5.41) is 34.8. The van der Waals surface area contributed by atoms with Crippen LogP contribution >= 0.6 is 11.8 Å². The number of carbonyl (C=O) groups excluding carboxylic acids is 1. The van der Waals surface area contributed by atoms with Gasteiger partial charge in [-0.1, -0.05) is 41.5 Å². The van der Waals surface area contributed by atoms with Crippen LogP contribution in [0.2, 0.25) is 0 Å². The molecule has 8 heteroatoms. The molecule has 0 bridgehead atoms. The van der Waals surface area contributed by atoms with Gasteiger partial charge in [0, 0.05) is 11.3 Å². The second-order valence-electron chi connectivity index (χ2n) is 18.1. The van der Waals surface area contributed by atoms with Crippen molar-refractivity contribution in [1.82, 2.24) is 4.84 Å². The first kappa shape index (κ1) is 32.5. The maximum absolute atomic E-state index is 13.1. The second-order valence-corrected chi connectivity index (χ2v) is 18.4. The Bertz CT molecular complexity index is 1140. The third-order valence-corrected chi connectivity index (χ3v) is 15.3.